The summed E-state index contributed by atoms with van der Waals surface area (Å²) < 4.78 is 5.63. The van der Waals surface area contributed by atoms with Gasteiger partial charge in [0.05, 0.1) is 0 Å². The van der Waals surface area contributed by atoms with Crippen LogP contribution in [0.5, 0.6) is 5.75 Å². The number of hydrogen-bond donors (Lipinski definition) is 1. The molecule has 27 heavy (non-hydrogen) atoms. The number of nitrogens with zero attached hydrogens (tertiary/aromatic N) is 1. The molecular formula is C21H19ClN2O2S. The Labute approximate surface area is 167 Å². The zero-order valence-electron chi connectivity index (χ0n) is 14.7. The SMILES string of the molecule is O=C(COc1ccc2c(c1)CCC2)Nc1ncc(Cc2ccc(Cl)cc2)s1. The van der Waals surface area contributed by atoms with Crippen LogP contribution in [0.1, 0.15) is 28.0 Å². The number of carbonyl (C=O) groups excluding carboxylic acids is 1. The van der Waals surface area contributed by atoms with Gasteiger partial charge in [0, 0.05) is 22.5 Å². The number of anilines is 1. The van der Waals surface area contributed by atoms with Gasteiger partial charge in [-0.25, -0.2) is 4.98 Å². The molecule has 0 fully saturated rings. The van der Waals surface area contributed by atoms with E-state index < -0.39 is 0 Å². The van der Waals surface area contributed by atoms with Crippen LogP contribution in [0.4, 0.5) is 5.13 Å². The van der Waals surface area contributed by atoms with Crippen molar-refractivity contribution in [2.24, 2.45) is 0 Å². The van der Waals surface area contributed by atoms with E-state index in [1.165, 1.54) is 28.9 Å². The lowest BCUT2D eigenvalue weighted by Gasteiger charge is -2.07. The fourth-order valence-corrected chi connectivity index (χ4v) is 4.18. The maximum Gasteiger partial charge on any atom is 0.264 e. The number of thiazole rings is 1. The van der Waals surface area contributed by atoms with Gasteiger partial charge >= 0.3 is 0 Å². The average Bonchev–Trinajstić information content (AvgIpc) is 3.30. The maximum atomic E-state index is 12.1. The lowest BCUT2D eigenvalue weighted by Crippen LogP contribution is -2.20. The van der Waals surface area contributed by atoms with Crippen molar-refractivity contribution < 1.29 is 9.53 Å². The third kappa shape index (κ3) is 4.67. The molecule has 1 aliphatic carbocycles. The molecule has 1 aliphatic rings. The quantitative estimate of drug-likeness (QED) is 0.642. The minimum atomic E-state index is -0.206. The van der Waals surface area contributed by atoms with E-state index in [1.807, 2.05) is 36.4 Å². The first-order valence-electron chi connectivity index (χ1n) is 8.89. The zero-order chi connectivity index (χ0) is 18.6. The standard InChI is InChI=1S/C21H19ClN2O2S/c22-17-7-4-14(5-8-17)10-19-12-23-21(27-19)24-20(25)13-26-18-9-6-15-2-1-3-16(15)11-18/h4-9,11-12H,1-3,10,13H2,(H,23,24,25). The summed E-state index contributed by atoms with van der Waals surface area (Å²) in [5, 5.41) is 4.11. The second-order valence-electron chi connectivity index (χ2n) is 6.56. The van der Waals surface area contributed by atoms with E-state index in [9.17, 15) is 4.79 Å². The Bertz CT molecular complexity index is 953. The van der Waals surface area contributed by atoms with Crippen molar-refractivity contribution in [2.75, 3.05) is 11.9 Å². The molecule has 4 rings (SSSR count). The number of halogens is 1. The highest BCUT2D eigenvalue weighted by Gasteiger charge is 2.12. The second-order valence-corrected chi connectivity index (χ2v) is 8.11. The minimum Gasteiger partial charge on any atom is -0.484 e. The van der Waals surface area contributed by atoms with Crippen molar-refractivity contribution in [2.45, 2.75) is 25.7 Å². The summed E-state index contributed by atoms with van der Waals surface area (Å²) in [5.74, 6) is 0.538. The largest absolute Gasteiger partial charge is 0.484 e. The number of nitrogens with one attached hydrogen (secondary N) is 1. The van der Waals surface area contributed by atoms with Crippen molar-refractivity contribution in [1.82, 2.24) is 4.98 Å². The molecular weight excluding hydrogens is 380 g/mol. The van der Waals surface area contributed by atoms with Crippen molar-refractivity contribution >= 4 is 34.0 Å². The predicted molar refractivity (Wildman–Crippen MR) is 109 cm³/mol. The zero-order valence-corrected chi connectivity index (χ0v) is 16.3. The molecule has 0 spiro atoms. The third-order valence-electron chi connectivity index (χ3n) is 4.53. The van der Waals surface area contributed by atoms with Gasteiger partial charge in [-0.1, -0.05) is 29.8 Å². The Morgan fingerprint density at radius 1 is 1.15 bits per heavy atom. The van der Waals surface area contributed by atoms with Crippen LogP contribution >= 0.6 is 22.9 Å². The Kier molecular flexibility index (Phi) is 5.41. The number of benzene rings is 2. The molecule has 0 radical (unpaired) electrons. The minimum absolute atomic E-state index is 0.0229. The van der Waals surface area contributed by atoms with Crippen LogP contribution in [-0.4, -0.2) is 17.5 Å². The molecule has 3 aromatic rings. The third-order valence-corrected chi connectivity index (χ3v) is 5.70. The molecule has 0 saturated carbocycles. The topological polar surface area (TPSA) is 51.2 Å². The summed E-state index contributed by atoms with van der Waals surface area (Å²) >= 11 is 7.38. The van der Waals surface area contributed by atoms with E-state index >= 15 is 0 Å². The number of ether oxygens (including phenoxy) is 1. The van der Waals surface area contributed by atoms with E-state index in [4.69, 9.17) is 16.3 Å². The summed E-state index contributed by atoms with van der Waals surface area (Å²) in [5.41, 5.74) is 3.88. The lowest BCUT2D eigenvalue weighted by atomic mass is 10.1. The van der Waals surface area contributed by atoms with E-state index in [1.54, 1.807) is 6.20 Å². The first-order chi connectivity index (χ1) is 13.2. The van der Waals surface area contributed by atoms with Gasteiger partial charge < -0.3 is 4.74 Å². The first kappa shape index (κ1) is 18.0. The molecule has 0 atom stereocenters. The summed E-state index contributed by atoms with van der Waals surface area (Å²) in [7, 11) is 0. The molecule has 4 nitrogen and oxygen atoms in total. The Morgan fingerprint density at radius 3 is 2.81 bits per heavy atom. The Morgan fingerprint density at radius 2 is 1.96 bits per heavy atom. The number of carbonyl (C=O) groups is 1. The summed E-state index contributed by atoms with van der Waals surface area (Å²) in [4.78, 5) is 17.5. The molecule has 1 aromatic heterocycles. The molecule has 1 amide bonds. The molecule has 0 aliphatic heterocycles. The van der Waals surface area contributed by atoms with Crippen LogP contribution in [0.2, 0.25) is 5.02 Å². The molecule has 138 valence electrons. The fraction of sp³-hybridized carbons (Fsp3) is 0.238. The number of rotatable bonds is 6. The first-order valence-corrected chi connectivity index (χ1v) is 10.1. The number of aryl methyl sites for hydroxylation is 2. The van der Waals surface area contributed by atoms with Crippen LogP contribution in [0.15, 0.2) is 48.7 Å². The van der Waals surface area contributed by atoms with Crippen LogP contribution < -0.4 is 10.1 Å². The predicted octanol–water partition coefficient (Wildman–Crippen LogP) is 4.89. The van der Waals surface area contributed by atoms with Crippen molar-refractivity contribution in [1.29, 1.82) is 0 Å². The monoisotopic (exact) mass is 398 g/mol. The van der Waals surface area contributed by atoms with Gasteiger partial charge in [0.15, 0.2) is 11.7 Å². The van der Waals surface area contributed by atoms with Gasteiger partial charge in [-0.05, 0) is 60.2 Å². The lowest BCUT2D eigenvalue weighted by molar-refractivity contribution is -0.118. The van der Waals surface area contributed by atoms with Crippen molar-refractivity contribution in [3.8, 4) is 5.75 Å². The average molecular weight is 399 g/mol. The van der Waals surface area contributed by atoms with E-state index in [-0.39, 0.29) is 12.5 Å². The number of hydrogen-bond acceptors (Lipinski definition) is 4. The van der Waals surface area contributed by atoms with Crippen molar-refractivity contribution in [3.05, 3.63) is 75.3 Å². The van der Waals surface area contributed by atoms with E-state index in [2.05, 4.69) is 16.4 Å². The molecule has 1 N–H and O–H groups in total. The highest BCUT2D eigenvalue weighted by atomic mass is 35.5. The molecule has 0 saturated heterocycles. The van der Waals surface area contributed by atoms with Crippen LogP contribution in [0, 0.1) is 0 Å². The molecule has 0 unspecified atom stereocenters. The van der Waals surface area contributed by atoms with Gasteiger partial charge in [0.25, 0.3) is 5.91 Å². The molecule has 0 bridgehead atoms. The highest BCUT2D eigenvalue weighted by Crippen LogP contribution is 2.26. The highest BCUT2D eigenvalue weighted by molar-refractivity contribution is 7.15. The summed E-state index contributed by atoms with van der Waals surface area (Å²) in [6, 6.07) is 13.8. The van der Waals surface area contributed by atoms with E-state index in [0.29, 0.717) is 5.13 Å². The number of fused-ring (bicyclic) bond motifs is 1. The number of aromatic nitrogens is 1. The molecule has 2 aromatic carbocycles. The van der Waals surface area contributed by atoms with E-state index in [0.717, 1.165) is 40.5 Å². The summed E-state index contributed by atoms with van der Waals surface area (Å²) in [6.45, 7) is -0.0229. The fourth-order valence-electron chi connectivity index (χ4n) is 3.19. The normalized spacial score (nSPS) is 12.6. The second kappa shape index (κ2) is 8.11. The summed E-state index contributed by atoms with van der Waals surface area (Å²) in [6.07, 6.45) is 5.97. The Balaban J connectivity index is 1.29. The van der Waals surface area contributed by atoms with Gasteiger partial charge in [-0.3, -0.25) is 10.1 Å². The smallest absolute Gasteiger partial charge is 0.264 e. The molecule has 1 heterocycles. The number of amides is 1. The Hall–Kier alpha value is -2.37. The van der Waals surface area contributed by atoms with Crippen LogP contribution in [-0.2, 0) is 24.1 Å². The van der Waals surface area contributed by atoms with Crippen LogP contribution in [0.3, 0.4) is 0 Å². The maximum absolute atomic E-state index is 12.1. The van der Waals surface area contributed by atoms with Crippen molar-refractivity contribution in [3.63, 3.8) is 0 Å². The van der Waals surface area contributed by atoms with Gasteiger partial charge in [-0.2, -0.15) is 0 Å². The van der Waals surface area contributed by atoms with Gasteiger partial charge in [0.1, 0.15) is 5.75 Å². The van der Waals surface area contributed by atoms with Gasteiger partial charge in [-0.15, -0.1) is 11.3 Å². The van der Waals surface area contributed by atoms with Crippen LogP contribution in [0.25, 0.3) is 0 Å². The van der Waals surface area contributed by atoms with Gasteiger partial charge in [0.2, 0.25) is 0 Å². The molecule has 6 heteroatoms.